The van der Waals surface area contributed by atoms with Gasteiger partial charge < -0.3 is 10.5 Å². The minimum atomic E-state index is -3.56. The van der Waals surface area contributed by atoms with Crippen molar-refractivity contribution in [1.82, 2.24) is 24.5 Å². The number of benzene rings is 1. The Morgan fingerprint density at radius 1 is 1.18 bits per heavy atom. The summed E-state index contributed by atoms with van der Waals surface area (Å²) in [5.74, 6) is 0.613. The van der Waals surface area contributed by atoms with Crippen LogP contribution in [-0.4, -0.2) is 40.3 Å². The van der Waals surface area contributed by atoms with Crippen LogP contribution in [0.5, 0.6) is 5.75 Å². The van der Waals surface area contributed by atoms with E-state index in [4.69, 9.17) is 10.5 Å². The second kappa shape index (κ2) is 7.36. The Bertz CT molecular complexity index is 1090. The molecule has 1 aliphatic rings. The fourth-order valence-electron chi connectivity index (χ4n) is 3.46. The number of aromatic nitrogens is 4. The molecule has 3 N–H and O–H groups in total. The zero-order valence-corrected chi connectivity index (χ0v) is 16.3. The van der Waals surface area contributed by atoms with Crippen LogP contribution in [0.2, 0.25) is 0 Å². The van der Waals surface area contributed by atoms with E-state index in [1.54, 1.807) is 31.6 Å². The first-order valence-electron chi connectivity index (χ1n) is 9.08. The van der Waals surface area contributed by atoms with Crippen LogP contribution in [0, 0.1) is 0 Å². The van der Waals surface area contributed by atoms with Gasteiger partial charge in [0.05, 0.1) is 17.8 Å². The third-order valence-electron chi connectivity index (χ3n) is 4.84. The number of hydrogen-bond donors (Lipinski definition) is 2. The highest BCUT2D eigenvalue weighted by atomic mass is 32.2. The Hall–Kier alpha value is -2.72. The molecule has 0 radical (unpaired) electrons. The maximum atomic E-state index is 12.4. The van der Waals surface area contributed by atoms with Gasteiger partial charge in [-0.05, 0) is 31.7 Å². The summed E-state index contributed by atoms with van der Waals surface area (Å²) in [4.78, 5) is 8.80. The van der Waals surface area contributed by atoms with Gasteiger partial charge >= 0.3 is 0 Å². The van der Waals surface area contributed by atoms with E-state index in [-0.39, 0.29) is 17.0 Å². The van der Waals surface area contributed by atoms with Crippen molar-refractivity contribution < 1.29 is 13.2 Å². The average Bonchev–Trinajstić information content (AvgIpc) is 3.10. The molecule has 10 heteroatoms. The highest BCUT2D eigenvalue weighted by molar-refractivity contribution is 7.89. The lowest BCUT2D eigenvalue weighted by Crippen LogP contribution is -2.39. The molecular formula is C18H22N6O3S. The van der Waals surface area contributed by atoms with E-state index in [0.717, 1.165) is 12.8 Å². The SMILES string of the molecule is Cn1cc(S(=O)(=O)NC2CCC(Oc3cc(N)cc4nccnc34)CC2)cn1. The van der Waals surface area contributed by atoms with E-state index in [1.807, 2.05) is 0 Å². The summed E-state index contributed by atoms with van der Waals surface area (Å²) in [6.07, 6.45) is 8.90. The van der Waals surface area contributed by atoms with Crippen LogP contribution in [0.4, 0.5) is 5.69 Å². The number of hydrogen-bond acceptors (Lipinski definition) is 7. The van der Waals surface area contributed by atoms with Gasteiger partial charge in [0, 0.05) is 43.4 Å². The molecule has 1 aromatic carbocycles. The Kier molecular flexibility index (Phi) is 4.90. The predicted octanol–water partition coefficient (Wildman–Crippen LogP) is 1.61. The molecule has 1 aliphatic carbocycles. The number of rotatable bonds is 5. The Morgan fingerprint density at radius 2 is 1.93 bits per heavy atom. The van der Waals surface area contributed by atoms with Crippen molar-refractivity contribution in [2.45, 2.75) is 42.7 Å². The van der Waals surface area contributed by atoms with Crippen LogP contribution in [0.3, 0.4) is 0 Å². The van der Waals surface area contributed by atoms with E-state index < -0.39 is 10.0 Å². The van der Waals surface area contributed by atoms with Crippen molar-refractivity contribution in [1.29, 1.82) is 0 Å². The molecule has 0 bridgehead atoms. The van der Waals surface area contributed by atoms with Crippen molar-refractivity contribution in [3.05, 3.63) is 36.9 Å². The zero-order chi connectivity index (χ0) is 19.7. The minimum absolute atomic E-state index is 0.0221. The summed E-state index contributed by atoms with van der Waals surface area (Å²) < 4.78 is 35.3. The fraction of sp³-hybridized carbons (Fsp3) is 0.389. The number of sulfonamides is 1. The van der Waals surface area contributed by atoms with Gasteiger partial charge in [-0.25, -0.2) is 18.1 Å². The molecule has 1 saturated carbocycles. The quantitative estimate of drug-likeness (QED) is 0.621. The molecule has 148 valence electrons. The molecule has 3 aromatic rings. The Labute approximate surface area is 163 Å². The highest BCUT2D eigenvalue weighted by Crippen LogP contribution is 2.30. The van der Waals surface area contributed by atoms with E-state index in [0.29, 0.717) is 35.3 Å². The number of fused-ring (bicyclic) bond motifs is 1. The molecule has 4 rings (SSSR count). The van der Waals surface area contributed by atoms with Gasteiger partial charge in [0.15, 0.2) is 0 Å². The molecule has 1 fully saturated rings. The molecule has 0 aliphatic heterocycles. The molecule has 0 unspecified atom stereocenters. The summed E-state index contributed by atoms with van der Waals surface area (Å²) in [5.41, 5.74) is 7.88. The largest absolute Gasteiger partial charge is 0.488 e. The molecule has 0 atom stereocenters. The molecule has 0 spiro atoms. The number of ether oxygens (including phenoxy) is 1. The van der Waals surface area contributed by atoms with Crippen LogP contribution in [-0.2, 0) is 17.1 Å². The van der Waals surface area contributed by atoms with E-state index >= 15 is 0 Å². The van der Waals surface area contributed by atoms with Gasteiger partial charge in [-0.15, -0.1) is 0 Å². The summed E-state index contributed by atoms with van der Waals surface area (Å²) in [5, 5.41) is 3.92. The number of anilines is 1. The molecule has 28 heavy (non-hydrogen) atoms. The van der Waals surface area contributed by atoms with Crippen LogP contribution in [0.25, 0.3) is 11.0 Å². The zero-order valence-electron chi connectivity index (χ0n) is 15.4. The number of aryl methyl sites for hydroxylation is 1. The minimum Gasteiger partial charge on any atom is -0.488 e. The second-order valence-electron chi connectivity index (χ2n) is 7.01. The summed E-state index contributed by atoms with van der Waals surface area (Å²) in [7, 11) is -1.87. The number of nitrogens with two attached hydrogens (primary N) is 1. The van der Waals surface area contributed by atoms with Gasteiger partial charge in [-0.2, -0.15) is 5.10 Å². The lowest BCUT2D eigenvalue weighted by Gasteiger charge is -2.29. The van der Waals surface area contributed by atoms with Gasteiger partial charge in [-0.1, -0.05) is 0 Å². The Balaban J connectivity index is 1.40. The van der Waals surface area contributed by atoms with E-state index in [9.17, 15) is 8.42 Å². The first kappa shape index (κ1) is 18.6. The fourth-order valence-corrected chi connectivity index (χ4v) is 4.74. The maximum absolute atomic E-state index is 12.4. The lowest BCUT2D eigenvalue weighted by molar-refractivity contribution is 0.146. The van der Waals surface area contributed by atoms with Crippen molar-refractivity contribution in [2.75, 3.05) is 5.73 Å². The van der Waals surface area contributed by atoms with E-state index in [2.05, 4.69) is 19.8 Å². The first-order chi connectivity index (χ1) is 13.4. The average molecular weight is 402 g/mol. The monoisotopic (exact) mass is 402 g/mol. The van der Waals surface area contributed by atoms with Gasteiger partial charge in [0.2, 0.25) is 10.0 Å². The molecular weight excluding hydrogens is 380 g/mol. The normalized spacial score (nSPS) is 20.3. The van der Waals surface area contributed by atoms with Crippen LogP contribution >= 0.6 is 0 Å². The molecule has 2 aromatic heterocycles. The van der Waals surface area contributed by atoms with Crippen molar-refractivity contribution in [3.63, 3.8) is 0 Å². The van der Waals surface area contributed by atoms with Gasteiger partial charge in [0.1, 0.15) is 16.2 Å². The molecule has 0 saturated heterocycles. The smallest absolute Gasteiger partial charge is 0.243 e. The van der Waals surface area contributed by atoms with Gasteiger partial charge in [-0.3, -0.25) is 9.67 Å². The lowest BCUT2D eigenvalue weighted by atomic mass is 9.93. The summed E-state index contributed by atoms with van der Waals surface area (Å²) in [6, 6.07) is 3.40. The van der Waals surface area contributed by atoms with Crippen molar-refractivity contribution >= 4 is 26.7 Å². The topological polar surface area (TPSA) is 125 Å². The third kappa shape index (κ3) is 3.92. The molecule has 9 nitrogen and oxygen atoms in total. The van der Waals surface area contributed by atoms with Crippen LogP contribution < -0.4 is 15.2 Å². The van der Waals surface area contributed by atoms with Crippen molar-refractivity contribution in [2.24, 2.45) is 7.05 Å². The number of nitrogens with one attached hydrogen (secondary N) is 1. The third-order valence-corrected chi connectivity index (χ3v) is 6.32. The standard InChI is InChI=1S/C18H22N6O3S/c1-24-11-15(10-22-24)28(25,26)23-13-2-4-14(5-3-13)27-17-9-12(19)8-16-18(17)21-7-6-20-16/h6-11,13-14,23H,2-5,19H2,1H3. The second-order valence-corrected chi connectivity index (χ2v) is 8.72. The molecule has 0 amide bonds. The first-order valence-corrected chi connectivity index (χ1v) is 10.6. The van der Waals surface area contributed by atoms with Gasteiger partial charge in [0.25, 0.3) is 0 Å². The number of nitrogen functional groups attached to an aromatic ring is 1. The summed E-state index contributed by atoms with van der Waals surface area (Å²) in [6.45, 7) is 0. The predicted molar refractivity (Wildman–Crippen MR) is 104 cm³/mol. The van der Waals surface area contributed by atoms with Crippen LogP contribution in [0.15, 0.2) is 41.8 Å². The Morgan fingerprint density at radius 3 is 2.64 bits per heavy atom. The summed E-state index contributed by atoms with van der Waals surface area (Å²) >= 11 is 0. The molecule has 2 heterocycles. The number of nitrogens with zero attached hydrogens (tertiary/aromatic N) is 4. The maximum Gasteiger partial charge on any atom is 0.243 e. The highest BCUT2D eigenvalue weighted by Gasteiger charge is 2.27. The van der Waals surface area contributed by atoms with E-state index in [1.165, 1.54) is 17.1 Å². The van der Waals surface area contributed by atoms with Crippen molar-refractivity contribution in [3.8, 4) is 5.75 Å². The van der Waals surface area contributed by atoms with Crippen LogP contribution in [0.1, 0.15) is 25.7 Å².